The van der Waals surface area contributed by atoms with Crippen LogP contribution in [-0.2, 0) is 76.0 Å². The van der Waals surface area contributed by atoms with Crippen LogP contribution in [0.15, 0.2) is 0 Å². The number of aliphatic hydroxyl groups is 2. The molecule has 2 N–H and O–H groups in total. The summed E-state index contributed by atoms with van der Waals surface area (Å²) in [6, 6.07) is 0. The number of rotatable bonds is 23. The summed E-state index contributed by atoms with van der Waals surface area (Å²) >= 11 is 0. The lowest BCUT2D eigenvalue weighted by Crippen LogP contribution is -2.60. The molecule has 0 amide bonds. The lowest BCUT2D eigenvalue weighted by atomic mass is 9.41. The summed E-state index contributed by atoms with van der Waals surface area (Å²) in [7, 11) is 6.73. The largest absolute Gasteiger partial charge is 0.457 e. The van der Waals surface area contributed by atoms with Gasteiger partial charge < -0.3 is 76.9 Å². The second-order valence-electron chi connectivity index (χ2n) is 41.1. The number of carbonyl (C=O) groups is 4. The lowest BCUT2D eigenvalue weighted by Gasteiger charge is -2.62. The topological polar surface area (TPSA) is 229 Å². The molecule has 10 aliphatic carbocycles. The first-order valence-corrected chi connectivity index (χ1v) is 42.6. The lowest BCUT2D eigenvalue weighted by molar-refractivity contribution is -0.335. The van der Waals surface area contributed by atoms with E-state index in [0.29, 0.717) is 42.4 Å². The maximum atomic E-state index is 15.1. The first kappa shape index (κ1) is 88.5. The van der Waals surface area contributed by atoms with Crippen LogP contribution in [0.25, 0.3) is 0 Å². The van der Waals surface area contributed by atoms with E-state index in [4.69, 9.17) is 56.8 Å². The van der Waals surface area contributed by atoms with Crippen LogP contribution in [0.5, 0.6) is 0 Å². The maximum Gasteiger partial charge on any atom is 0.303 e. The molecule has 26 atom stereocenters. The molecule has 0 aromatic rings. The van der Waals surface area contributed by atoms with Crippen LogP contribution < -0.4 is 0 Å². The Morgan fingerprint density at radius 1 is 0.564 bits per heavy atom. The van der Waals surface area contributed by atoms with E-state index in [2.05, 4.69) is 90.9 Å². The molecule has 0 radical (unpaired) electrons. The number of nitrogens with zero attached hydrogens (tertiary/aromatic N) is 3. The molecular weight excluding hydrogens is 1400 g/mol. The van der Waals surface area contributed by atoms with E-state index < -0.39 is 77.1 Å². The highest BCUT2D eigenvalue weighted by atomic mass is 16.9. The van der Waals surface area contributed by atoms with Crippen molar-refractivity contribution < 1.29 is 86.2 Å². The molecule has 5 aliphatic heterocycles. The monoisotopic (exact) mass is 1550 g/mol. The van der Waals surface area contributed by atoms with Gasteiger partial charge in [0.05, 0.1) is 55.4 Å². The number of hydrogen-bond donors (Lipinski definition) is 2. The minimum atomic E-state index is -1.29. The molecule has 15 fully saturated rings. The quantitative estimate of drug-likeness (QED) is 0.0715. The van der Waals surface area contributed by atoms with Gasteiger partial charge in [-0.3, -0.25) is 24.1 Å². The molecule has 110 heavy (non-hydrogen) atoms. The van der Waals surface area contributed by atoms with Gasteiger partial charge in [0.1, 0.15) is 12.2 Å². The van der Waals surface area contributed by atoms with Crippen molar-refractivity contribution in [3.63, 3.8) is 0 Å². The first-order valence-electron chi connectivity index (χ1n) is 42.6. The number of methoxy groups -OCH3 is 4. The molecule has 0 bridgehead atoms. The van der Waals surface area contributed by atoms with Crippen LogP contribution in [0, 0.1) is 113 Å². The number of hydrogen-bond acceptors (Lipinski definition) is 21. The highest BCUT2D eigenvalue weighted by Gasteiger charge is 2.87. The minimum absolute atomic E-state index is 0. The maximum absolute atomic E-state index is 15.1. The number of ketones is 2. The van der Waals surface area contributed by atoms with Crippen LogP contribution in [0.4, 0.5) is 0 Å². The Labute approximate surface area is 663 Å². The van der Waals surface area contributed by atoms with Crippen molar-refractivity contribution in [2.45, 2.75) is 315 Å². The van der Waals surface area contributed by atoms with Crippen LogP contribution in [0.3, 0.4) is 0 Å². The Hall–Kier alpha value is -2.32. The Kier molecular flexibility index (Phi) is 25.8. The fraction of sp³-hybridized carbons (Fsp3) is 0.955. The number of Topliss-reactive ketones (excluding diaryl/α,β-unsaturated/α-hetero) is 2. The van der Waals surface area contributed by atoms with Gasteiger partial charge in [-0.25, -0.2) is 0 Å². The average Bonchev–Trinajstić information content (AvgIpc) is 1.46. The molecule has 10 saturated carbocycles. The third-order valence-electron chi connectivity index (χ3n) is 34.3. The molecule has 8 unspecified atom stereocenters. The average molecular weight is 1550 g/mol. The molecule has 21 nitrogen and oxygen atoms in total. The molecular formula is C89H153N3O18. The Bertz CT molecular complexity index is 3220. The molecule has 0 aromatic carbocycles. The molecule has 15 aliphatic rings. The predicted octanol–water partition coefficient (Wildman–Crippen LogP) is 13.2. The van der Waals surface area contributed by atoms with Crippen LogP contribution in [0.1, 0.15) is 242 Å². The van der Waals surface area contributed by atoms with Crippen molar-refractivity contribution in [2.24, 2.45) is 113 Å². The van der Waals surface area contributed by atoms with E-state index in [0.717, 1.165) is 136 Å². The van der Waals surface area contributed by atoms with Crippen molar-refractivity contribution in [3.8, 4) is 0 Å². The molecule has 15 rings (SSSR count). The molecule has 4 spiro atoms. The van der Waals surface area contributed by atoms with Crippen molar-refractivity contribution in [1.82, 2.24) is 14.7 Å². The second-order valence-corrected chi connectivity index (χ2v) is 41.1. The summed E-state index contributed by atoms with van der Waals surface area (Å²) in [5.74, 6) is 3.67. The molecule has 5 heterocycles. The molecule has 5 saturated heterocycles. The van der Waals surface area contributed by atoms with Gasteiger partial charge in [0.15, 0.2) is 36.9 Å². The fourth-order valence-electron chi connectivity index (χ4n) is 29.0. The van der Waals surface area contributed by atoms with Gasteiger partial charge in [-0.1, -0.05) is 97.4 Å². The first-order chi connectivity index (χ1) is 50.7. The van der Waals surface area contributed by atoms with Gasteiger partial charge in [0, 0.05) is 124 Å². The van der Waals surface area contributed by atoms with E-state index in [-0.39, 0.29) is 119 Å². The number of carbonyl (C=O) groups excluding carboxylic acids is 4. The Morgan fingerprint density at radius 3 is 1.41 bits per heavy atom. The number of esters is 2. The van der Waals surface area contributed by atoms with Gasteiger partial charge in [-0.2, -0.15) is 0 Å². The number of morpholine rings is 1. The zero-order valence-electron chi connectivity index (χ0n) is 70.5. The molecule has 632 valence electrons. The van der Waals surface area contributed by atoms with Crippen molar-refractivity contribution >= 4 is 23.5 Å². The van der Waals surface area contributed by atoms with E-state index in [1.165, 1.54) is 59.0 Å². The van der Waals surface area contributed by atoms with Gasteiger partial charge in [0.25, 0.3) is 6.48 Å². The van der Waals surface area contributed by atoms with E-state index in [9.17, 15) is 24.6 Å². The van der Waals surface area contributed by atoms with E-state index in [1.807, 2.05) is 0 Å². The molecule has 21 heteroatoms. The van der Waals surface area contributed by atoms with E-state index >= 15 is 4.79 Å². The van der Waals surface area contributed by atoms with Crippen molar-refractivity contribution in [1.29, 1.82) is 0 Å². The van der Waals surface area contributed by atoms with Crippen LogP contribution in [-0.4, -0.2) is 235 Å². The minimum Gasteiger partial charge on any atom is -0.457 e. The highest BCUT2D eigenvalue weighted by Crippen LogP contribution is 2.91. The van der Waals surface area contributed by atoms with Crippen molar-refractivity contribution in [2.75, 3.05) is 114 Å². The highest BCUT2D eigenvalue weighted by molar-refractivity contribution is 5.94. The zero-order valence-corrected chi connectivity index (χ0v) is 70.5. The smallest absolute Gasteiger partial charge is 0.303 e. The Morgan fingerprint density at radius 2 is 0.991 bits per heavy atom. The normalized spacial score (nSPS) is 44.3. The van der Waals surface area contributed by atoms with Crippen molar-refractivity contribution in [3.05, 3.63) is 0 Å². The van der Waals surface area contributed by atoms with E-state index in [1.54, 1.807) is 56.1 Å². The summed E-state index contributed by atoms with van der Waals surface area (Å²) in [5, 5.41) is 22.0. The van der Waals surface area contributed by atoms with Gasteiger partial charge in [-0.15, -0.1) is 0 Å². The summed E-state index contributed by atoms with van der Waals surface area (Å²) in [5.41, 5.74) is -3.04. The van der Waals surface area contributed by atoms with Crippen LogP contribution in [0.2, 0.25) is 0 Å². The summed E-state index contributed by atoms with van der Waals surface area (Å²) < 4.78 is 71.0. The van der Waals surface area contributed by atoms with Crippen LogP contribution >= 0.6 is 0 Å². The number of ether oxygens (including phenoxy) is 12. The second kappa shape index (κ2) is 32.1. The predicted molar refractivity (Wildman–Crippen MR) is 421 cm³/mol. The Balaban J connectivity index is 0.000000192. The van der Waals surface area contributed by atoms with Gasteiger partial charge in [0.2, 0.25) is 0 Å². The van der Waals surface area contributed by atoms with Gasteiger partial charge >= 0.3 is 11.9 Å². The number of fused-ring (bicyclic) bond motifs is 8. The summed E-state index contributed by atoms with van der Waals surface area (Å²) in [6.45, 7) is 47.0. The SMILES string of the molecule is C.C.CCC1CN(CCOC)C1.COCCN1CC(CN2CCO[C@@H](O[C@H]3CCC45C[C@]46CC[C@]4(C)[C@@H]7C(OC([C@H](OC(C)=O)C(C)(C)O)C[C@H]7C)C(=O)[C@@]4(C)C6CC[C@H]5C3(C)C)C2)C1.COCO[C@H](OC)O[C@H]1CCC23C[C@]24CC[C@]2(C)[C@@H]5C(OC([C@H](OC(C)=O)C(C)(C)O)C[C@H]5C)C(=O)[C@@]2(C)C4CC[C@H]3C1(C)C. The number of likely N-dealkylation sites (tertiary alicyclic amines) is 2. The fourth-order valence-corrected chi connectivity index (χ4v) is 29.0. The molecule has 0 aromatic heterocycles. The summed E-state index contributed by atoms with van der Waals surface area (Å²) in [6.07, 6.45) is 14.3. The van der Waals surface area contributed by atoms with Gasteiger partial charge in [-0.05, 0) is 221 Å². The standard InChI is InChI=1S/C43H70N2O8.C36H58O9.C8H17NO.2CH4/c1-26-20-29(37(39(5,6)48)51-27(2)46)52-35-34(26)40(7)14-15-43-25-42(43)13-12-32(38(3,4)30(42)10-11-31(43)41(40,8)36(35)47)53-33-24-45(17-19-50-33)23-28-21-44(22-28)16-18-49-9;1-20-17-22(29(32(5,6)39)43-21(2)37)44-27-26(20)33(7)15-16-36-18-35(36)14-13-25(45-30(41-10)42-19-40-9)31(3,4)23(35)11-12-24(36)34(33,8)28(27)38;1-3-8-6-9(7-8)4-5-10-2;;/h26,28-35,37,48H,10-25H2,1-9H3;20,22-27,29-30,39H,11-19H2,1-10H3;8H,3-7H2,1-2H3;2*1H4/t26-,29?,30+,31?,32+,33+,34+,35?,37+,40-,41-,42?,43+;20-,22?,23+,24?,25+,26+,27?,29+,30+,33-,34-,35?,36+;;;/m11.../s1. The summed E-state index contributed by atoms with van der Waals surface area (Å²) in [4.78, 5) is 61.7. The third kappa shape index (κ3) is 14.4. The zero-order chi connectivity index (χ0) is 78.3. The third-order valence-corrected chi connectivity index (χ3v) is 34.3.